The fourth-order valence-electron chi connectivity index (χ4n) is 2.62. The molecule has 0 saturated carbocycles. The highest BCUT2D eigenvalue weighted by Gasteiger charge is 2.12. The number of carbonyl (C=O) groups excluding carboxylic acids is 1. The van der Waals surface area contributed by atoms with Crippen LogP contribution < -0.4 is 4.74 Å². The highest BCUT2D eigenvalue weighted by atomic mass is 35.5. The van der Waals surface area contributed by atoms with Gasteiger partial charge in [0.1, 0.15) is 11.3 Å². The summed E-state index contributed by atoms with van der Waals surface area (Å²) in [4.78, 5) is 16.7. The number of hydrogen-bond donors (Lipinski definition) is 0. The van der Waals surface area contributed by atoms with Crippen molar-refractivity contribution in [3.05, 3.63) is 82.9 Å². The average Bonchev–Trinajstić information content (AvgIpc) is 3.05. The molecule has 0 N–H and O–H groups in total. The van der Waals surface area contributed by atoms with Crippen molar-refractivity contribution in [1.82, 2.24) is 4.98 Å². The molecule has 4 aromatic rings. The van der Waals surface area contributed by atoms with E-state index < -0.39 is 5.97 Å². The summed E-state index contributed by atoms with van der Waals surface area (Å²) in [5, 5.41) is 0.603. The number of benzene rings is 3. The molecule has 26 heavy (non-hydrogen) atoms. The summed E-state index contributed by atoms with van der Waals surface area (Å²) in [6.45, 7) is 1.94. The highest BCUT2D eigenvalue weighted by molar-refractivity contribution is 6.31. The monoisotopic (exact) mass is 363 g/mol. The van der Waals surface area contributed by atoms with Gasteiger partial charge < -0.3 is 9.15 Å². The Morgan fingerprint density at radius 1 is 1.04 bits per heavy atom. The summed E-state index contributed by atoms with van der Waals surface area (Å²) >= 11 is 5.97. The van der Waals surface area contributed by atoms with Gasteiger partial charge in [0.25, 0.3) is 0 Å². The first kappa shape index (κ1) is 16.4. The highest BCUT2D eigenvalue weighted by Crippen LogP contribution is 2.26. The normalized spacial score (nSPS) is 10.8. The van der Waals surface area contributed by atoms with Gasteiger partial charge >= 0.3 is 5.97 Å². The molecule has 3 aromatic carbocycles. The Balaban J connectivity index is 1.56. The first-order valence-corrected chi connectivity index (χ1v) is 8.42. The fraction of sp³-hybridized carbons (Fsp3) is 0.0476. The lowest BCUT2D eigenvalue weighted by atomic mass is 10.1. The van der Waals surface area contributed by atoms with Gasteiger partial charge in [0.2, 0.25) is 5.89 Å². The summed E-state index contributed by atoms with van der Waals surface area (Å²) in [5.41, 5.74) is 3.60. The molecule has 0 unspecified atom stereocenters. The maximum Gasteiger partial charge on any atom is 0.343 e. The van der Waals surface area contributed by atoms with Crippen molar-refractivity contribution in [3.8, 4) is 17.2 Å². The van der Waals surface area contributed by atoms with E-state index in [1.807, 2.05) is 25.1 Å². The smallest absolute Gasteiger partial charge is 0.343 e. The number of ether oxygens (including phenoxy) is 1. The van der Waals surface area contributed by atoms with Crippen molar-refractivity contribution in [2.24, 2.45) is 0 Å². The molecule has 0 radical (unpaired) electrons. The standard InChI is InChI=1S/C21H14ClNO3/c1-13-3-2-4-17(11-13)25-21(24)15-7-5-14(6-8-15)20-23-18-12-16(22)9-10-19(18)26-20/h2-12H,1H3. The fourth-order valence-corrected chi connectivity index (χ4v) is 2.78. The van der Waals surface area contributed by atoms with E-state index in [0.29, 0.717) is 33.3 Å². The van der Waals surface area contributed by atoms with E-state index in [9.17, 15) is 4.79 Å². The van der Waals surface area contributed by atoms with E-state index in [4.69, 9.17) is 20.8 Å². The summed E-state index contributed by atoms with van der Waals surface area (Å²) < 4.78 is 11.1. The van der Waals surface area contributed by atoms with Crippen molar-refractivity contribution >= 4 is 28.7 Å². The quantitative estimate of drug-likeness (QED) is 0.347. The molecule has 0 saturated heterocycles. The second-order valence-electron chi connectivity index (χ2n) is 5.91. The number of oxazole rings is 1. The number of aryl methyl sites for hydroxylation is 1. The zero-order valence-electron chi connectivity index (χ0n) is 13.9. The maximum atomic E-state index is 12.3. The van der Waals surface area contributed by atoms with Crippen LogP contribution in [0, 0.1) is 6.92 Å². The van der Waals surface area contributed by atoms with Crippen LogP contribution in [0.5, 0.6) is 5.75 Å². The van der Waals surface area contributed by atoms with Gasteiger partial charge in [-0.15, -0.1) is 0 Å². The average molecular weight is 364 g/mol. The van der Waals surface area contributed by atoms with Gasteiger partial charge in [-0.2, -0.15) is 0 Å². The van der Waals surface area contributed by atoms with E-state index in [1.165, 1.54) is 0 Å². The van der Waals surface area contributed by atoms with Gasteiger partial charge in [0.15, 0.2) is 5.58 Å². The molecule has 1 aromatic heterocycles. The Labute approximate surface area is 155 Å². The molecule has 0 aliphatic carbocycles. The van der Waals surface area contributed by atoms with Gasteiger partial charge in [0, 0.05) is 10.6 Å². The van der Waals surface area contributed by atoms with Gasteiger partial charge in [-0.1, -0.05) is 23.7 Å². The van der Waals surface area contributed by atoms with Crippen LogP contribution in [0.15, 0.2) is 71.1 Å². The Bertz CT molecular complexity index is 1100. The molecule has 0 aliphatic heterocycles. The Morgan fingerprint density at radius 3 is 2.62 bits per heavy atom. The molecule has 128 valence electrons. The van der Waals surface area contributed by atoms with E-state index in [1.54, 1.807) is 48.5 Å². The van der Waals surface area contributed by atoms with E-state index >= 15 is 0 Å². The third-order valence-corrected chi connectivity index (χ3v) is 4.15. The van der Waals surface area contributed by atoms with Crippen LogP contribution in [0.3, 0.4) is 0 Å². The summed E-state index contributed by atoms with van der Waals surface area (Å²) in [6.07, 6.45) is 0. The molecule has 0 aliphatic rings. The van der Waals surface area contributed by atoms with E-state index in [2.05, 4.69) is 4.98 Å². The third kappa shape index (κ3) is 3.32. The van der Waals surface area contributed by atoms with Crippen molar-refractivity contribution < 1.29 is 13.9 Å². The number of halogens is 1. The zero-order chi connectivity index (χ0) is 18.1. The van der Waals surface area contributed by atoms with E-state index in [-0.39, 0.29) is 0 Å². The first-order valence-electron chi connectivity index (χ1n) is 8.04. The molecule has 0 bridgehead atoms. The maximum absolute atomic E-state index is 12.3. The SMILES string of the molecule is Cc1cccc(OC(=O)c2ccc(-c3nc4cc(Cl)ccc4o3)cc2)c1. The number of fused-ring (bicyclic) bond motifs is 1. The van der Waals surface area contributed by atoms with Crippen LogP contribution in [0.4, 0.5) is 0 Å². The lowest BCUT2D eigenvalue weighted by Crippen LogP contribution is -2.08. The summed E-state index contributed by atoms with van der Waals surface area (Å²) in [5.74, 6) is 0.585. The summed E-state index contributed by atoms with van der Waals surface area (Å²) in [6, 6.07) is 19.6. The Morgan fingerprint density at radius 2 is 1.85 bits per heavy atom. The first-order chi connectivity index (χ1) is 12.6. The van der Waals surface area contributed by atoms with Crippen LogP contribution in [0.1, 0.15) is 15.9 Å². The second-order valence-corrected chi connectivity index (χ2v) is 6.35. The van der Waals surface area contributed by atoms with E-state index in [0.717, 1.165) is 11.1 Å². The molecule has 1 heterocycles. The topological polar surface area (TPSA) is 52.3 Å². The van der Waals surface area contributed by atoms with Gasteiger partial charge in [-0.3, -0.25) is 0 Å². The minimum atomic E-state index is -0.411. The predicted molar refractivity (Wildman–Crippen MR) is 101 cm³/mol. The molecule has 4 nitrogen and oxygen atoms in total. The number of rotatable bonds is 3. The number of nitrogens with zero attached hydrogens (tertiary/aromatic N) is 1. The molecular weight excluding hydrogens is 350 g/mol. The van der Waals surface area contributed by atoms with Gasteiger partial charge in [-0.25, -0.2) is 9.78 Å². The molecular formula is C21H14ClNO3. The Hall–Kier alpha value is -3.11. The molecule has 0 atom stereocenters. The second kappa shape index (κ2) is 6.65. The number of carbonyl (C=O) groups is 1. The van der Waals surface area contributed by atoms with Crippen molar-refractivity contribution in [2.75, 3.05) is 0 Å². The lowest BCUT2D eigenvalue weighted by Gasteiger charge is -2.05. The molecule has 0 fully saturated rings. The lowest BCUT2D eigenvalue weighted by molar-refractivity contribution is 0.0734. The molecule has 0 spiro atoms. The molecule has 4 rings (SSSR count). The largest absolute Gasteiger partial charge is 0.436 e. The summed E-state index contributed by atoms with van der Waals surface area (Å²) in [7, 11) is 0. The number of esters is 1. The molecule has 5 heteroatoms. The zero-order valence-corrected chi connectivity index (χ0v) is 14.7. The van der Waals surface area contributed by atoms with Crippen LogP contribution in [-0.2, 0) is 0 Å². The Kier molecular flexibility index (Phi) is 4.19. The van der Waals surface area contributed by atoms with Crippen LogP contribution in [-0.4, -0.2) is 11.0 Å². The van der Waals surface area contributed by atoms with Crippen molar-refractivity contribution in [2.45, 2.75) is 6.92 Å². The third-order valence-electron chi connectivity index (χ3n) is 3.92. The minimum Gasteiger partial charge on any atom is -0.436 e. The number of aromatic nitrogens is 1. The van der Waals surface area contributed by atoms with Crippen LogP contribution in [0.2, 0.25) is 5.02 Å². The van der Waals surface area contributed by atoms with Gasteiger partial charge in [-0.05, 0) is 67.1 Å². The number of hydrogen-bond acceptors (Lipinski definition) is 4. The van der Waals surface area contributed by atoms with Crippen molar-refractivity contribution in [1.29, 1.82) is 0 Å². The predicted octanol–water partition coefficient (Wildman–Crippen LogP) is 5.68. The minimum absolute atomic E-state index is 0.411. The van der Waals surface area contributed by atoms with Crippen LogP contribution in [0.25, 0.3) is 22.6 Å². The van der Waals surface area contributed by atoms with Crippen molar-refractivity contribution in [3.63, 3.8) is 0 Å². The molecule has 0 amide bonds. The van der Waals surface area contributed by atoms with Crippen LogP contribution >= 0.6 is 11.6 Å². The van der Waals surface area contributed by atoms with Gasteiger partial charge in [0.05, 0.1) is 5.56 Å².